The minimum absolute atomic E-state index is 0.119. The molecule has 8 rings (SSSR count). The van der Waals surface area contributed by atoms with Crippen LogP contribution in [0, 0.1) is 136 Å². The topological polar surface area (TPSA) is 0 Å². The fourth-order valence-electron chi connectivity index (χ4n) is 15.4. The molecule has 0 saturated heterocycles. The number of alkyl halides is 28. The smallest absolute Gasteiger partial charge is 0.247 e. The van der Waals surface area contributed by atoms with Crippen LogP contribution in [-0.4, -0.2) is 79.0 Å². The molecule has 0 amide bonds. The molecule has 26 atom stereocenters. The fourth-order valence-corrected chi connectivity index (χ4v) is 15.4. The third-order valence-corrected chi connectivity index (χ3v) is 22.6. The Hall–Kier alpha value is -1.96. The minimum atomic E-state index is -5.36. The van der Waals surface area contributed by atoms with Crippen molar-refractivity contribution in [3.05, 3.63) is 0 Å². The van der Waals surface area contributed by atoms with Crippen LogP contribution in [-0.2, 0) is 0 Å². The fraction of sp³-hybridized carbons (Fsp3) is 1.00. The minimum Gasteiger partial charge on any atom is -0.247 e. The van der Waals surface area contributed by atoms with E-state index in [-0.39, 0.29) is 67.6 Å². The summed E-state index contributed by atoms with van der Waals surface area (Å²) in [5, 5.41) is 0. The molecule has 0 aromatic heterocycles. The average molecular weight is 1450 g/mol. The van der Waals surface area contributed by atoms with Crippen molar-refractivity contribution in [3.8, 4) is 0 Å². The Labute approximate surface area is 547 Å². The van der Waals surface area contributed by atoms with Crippen LogP contribution < -0.4 is 0 Å². The summed E-state index contributed by atoms with van der Waals surface area (Å²) in [5.74, 6) is -31.2. The lowest BCUT2D eigenvalue weighted by Crippen LogP contribution is -2.52. The first kappa shape index (κ1) is 87.3. The molecule has 95 heavy (non-hydrogen) atoms. The SMILES string of the molecule is CC1C(C(F)(F)F)C(C)[C@@H](C)C1C(F)(F)F.CC1C(F)C(F)[C@@H](C)C1F.CC1CC(C(F)(F)F)C[C@@H](C)C1.CC1CCCC(C(F)(F)F)[C@@H]1C.CC1C[C@H](C)CC1C(F)(F)F.C[C@H]1C(F)(F)C(C)(F)C(F)(F)C1(F)F.[2H]C1(C)C(C)CCC1C.[2H][C@@]1(C)C(C)CCCC1C(F)(F)F. The lowest BCUT2D eigenvalue weighted by atomic mass is 9.73. The van der Waals surface area contributed by atoms with Crippen LogP contribution in [0.4, 0.5) is 123 Å². The molecule has 0 spiro atoms. The zero-order valence-electron chi connectivity index (χ0n) is 59.6. The van der Waals surface area contributed by atoms with E-state index in [2.05, 4.69) is 20.8 Å². The van der Waals surface area contributed by atoms with E-state index >= 15 is 0 Å². The van der Waals surface area contributed by atoms with Gasteiger partial charge in [0.25, 0.3) is 5.92 Å². The number of hydrogen-bond donors (Lipinski definition) is 0. The van der Waals surface area contributed by atoms with Gasteiger partial charge in [-0.05, 0) is 135 Å². The summed E-state index contributed by atoms with van der Waals surface area (Å²) in [7, 11) is 0. The summed E-state index contributed by atoms with van der Waals surface area (Å²) >= 11 is 0. The van der Waals surface area contributed by atoms with Crippen molar-refractivity contribution in [2.75, 3.05) is 0 Å². The molecule has 0 nitrogen and oxygen atoms in total. The molecule has 8 aliphatic rings. The Balaban J connectivity index is 0.000000557. The van der Waals surface area contributed by atoms with Crippen molar-refractivity contribution in [1.29, 1.82) is 0 Å². The molecule has 28 heteroatoms. The van der Waals surface area contributed by atoms with Gasteiger partial charge in [0.2, 0.25) is 5.67 Å². The predicted octanol–water partition coefficient (Wildman–Crippen LogP) is 26.6. The van der Waals surface area contributed by atoms with Gasteiger partial charge in [0.05, 0.1) is 41.4 Å². The Morgan fingerprint density at radius 1 is 0.305 bits per heavy atom. The van der Waals surface area contributed by atoms with E-state index in [0.29, 0.717) is 43.9 Å². The number of halogens is 28. The molecule has 0 N–H and O–H groups in total. The van der Waals surface area contributed by atoms with Gasteiger partial charge in [0.1, 0.15) is 18.5 Å². The molecular weight excluding hydrogens is 1340 g/mol. The van der Waals surface area contributed by atoms with Crippen molar-refractivity contribution < 1.29 is 126 Å². The highest BCUT2D eigenvalue weighted by Gasteiger charge is 2.88. The molecule has 0 bridgehead atoms. The van der Waals surface area contributed by atoms with Crippen LogP contribution in [0.2, 0.25) is 0 Å². The van der Waals surface area contributed by atoms with Gasteiger partial charge in [0, 0.05) is 14.6 Å². The Bertz CT molecular complexity index is 2190. The summed E-state index contributed by atoms with van der Waals surface area (Å²) in [6.07, 6.45) is -21.1. The van der Waals surface area contributed by atoms with Gasteiger partial charge in [-0.2, -0.15) is 96.6 Å². The first-order valence-electron chi connectivity index (χ1n) is 34.1. The standard InChI is InChI=1S/C10H14F6.3C9H15F3.C8H13F3.C8H16.C7H7F7.C7H11F3/c1-4-5(2)8(10(14,15)16)6(3)7(4)9(11,12)13;1-6-3-7(2)5-8(4-6)9(10,11)12;2*1-6-4-3-5-8(7(6)2)9(10,11)12;1-5-3-6(2)7(4-5)8(9,10)11;1-6-4-5-7(2)8(6)3;1-3-5(9,10)4(2,8)7(13,14)6(3,11)12;1-3-5(8)4(2)7(10)6(3)9/h4-8H,1-3H3;3*6-8H,3-5H2,1-2H3;5-7H,3-4H2,1-2H3;6-8H,4-5H2,1-3H3;3H,1-2H3;3-7H,1-2H3/t4-,5?,6?,7?,8?;6-,7?,8?;2*6?,7-,8?;5-,6?,7?;;3-,4?;3-,4?,5?,6?,7?/m10110.00/s1/i;;7D;;;8D;;. The number of rotatable bonds is 0. The van der Waals surface area contributed by atoms with Gasteiger partial charge in [-0.3, -0.25) is 0 Å². The van der Waals surface area contributed by atoms with E-state index in [1.165, 1.54) is 47.5 Å². The van der Waals surface area contributed by atoms with Gasteiger partial charge < -0.3 is 0 Å². The quantitative estimate of drug-likeness (QED) is 0.212. The summed E-state index contributed by atoms with van der Waals surface area (Å²) < 4.78 is 366. The highest BCUT2D eigenvalue weighted by molar-refractivity contribution is 5.19. The normalized spacial score (nSPS) is 44.2. The van der Waals surface area contributed by atoms with Crippen LogP contribution in [0.5, 0.6) is 0 Å². The molecule has 8 saturated carbocycles. The highest BCUT2D eigenvalue weighted by Crippen LogP contribution is 2.65. The molecular formula is C67H106F28. The Kier molecular flexibility index (Phi) is 31.5. The first-order chi connectivity index (χ1) is 43.0. The second kappa shape index (κ2) is 34.3. The lowest BCUT2D eigenvalue weighted by molar-refractivity contribution is -0.248. The summed E-state index contributed by atoms with van der Waals surface area (Å²) in [5.41, 5.74) is -4.52. The summed E-state index contributed by atoms with van der Waals surface area (Å²) in [4.78, 5) is 0. The molecule has 0 aromatic rings. The third-order valence-electron chi connectivity index (χ3n) is 22.6. The van der Waals surface area contributed by atoms with Crippen LogP contribution >= 0.6 is 0 Å². The van der Waals surface area contributed by atoms with E-state index < -0.39 is 156 Å². The van der Waals surface area contributed by atoms with Crippen LogP contribution in [0.15, 0.2) is 0 Å². The van der Waals surface area contributed by atoms with E-state index in [1.54, 1.807) is 20.8 Å². The van der Waals surface area contributed by atoms with Crippen LogP contribution in [0.3, 0.4) is 0 Å². The maximum atomic E-state index is 12.9. The van der Waals surface area contributed by atoms with Crippen molar-refractivity contribution in [3.63, 3.8) is 0 Å². The van der Waals surface area contributed by atoms with Gasteiger partial charge in [-0.1, -0.05) is 156 Å². The summed E-state index contributed by atoms with van der Waals surface area (Å²) in [6, 6.07) is 0. The molecule has 0 heterocycles. The monoisotopic (exact) mass is 1440 g/mol. The van der Waals surface area contributed by atoms with Crippen LogP contribution in [0.25, 0.3) is 0 Å². The molecule has 570 valence electrons. The molecule has 0 aromatic carbocycles. The average Bonchev–Trinajstić information content (AvgIpc) is 1.54. The zero-order valence-corrected chi connectivity index (χ0v) is 57.6. The van der Waals surface area contributed by atoms with E-state index in [1.807, 2.05) is 27.7 Å². The molecule has 8 aliphatic carbocycles. The predicted molar refractivity (Wildman–Crippen MR) is 312 cm³/mol. The first-order valence-corrected chi connectivity index (χ1v) is 33.1. The van der Waals surface area contributed by atoms with Crippen molar-refractivity contribution in [2.24, 2.45) is 136 Å². The largest absolute Gasteiger partial charge is 0.392 e. The Morgan fingerprint density at radius 3 is 0.863 bits per heavy atom. The van der Waals surface area contributed by atoms with Crippen molar-refractivity contribution in [2.45, 2.75) is 287 Å². The Morgan fingerprint density at radius 2 is 0.653 bits per heavy atom. The van der Waals surface area contributed by atoms with Crippen molar-refractivity contribution in [1.82, 2.24) is 0 Å². The lowest BCUT2D eigenvalue weighted by Gasteiger charge is -2.35. The maximum Gasteiger partial charge on any atom is 0.392 e. The maximum absolute atomic E-state index is 12.9. The second-order valence-electron chi connectivity index (χ2n) is 29.9. The van der Waals surface area contributed by atoms with Crippen LogP contribution in [0.1, 0.15) is 211 Å². The van der Waals surface area contributed by atoms with E-state index in [9.17, 15) is 123 Å². The summed E-state index contributed by atoms with van der Waals surface area (Å²) in [6.45, 7) is 27.0. The van der Waals surface area contributed by atoms with Gasteiger partial charge in [-0.15, -0.1) is 0 Å². The molecule has 0 aliphatic heterocycles. The molecule has 19 unspecified atom stereocenters. The van der Waals surface area contributed by atoms with Crippen molar-refractivity contribution >= 4 is 0 Å². The van der Waals surface area contributed by atoms with Gasteiger partial charge in [0.15, 0.2) is 0 Å². The van der Waals surface area contributed by atoms with E-state index in [0.717, 1.165) is 39.0 Å². The highest BCUT2D eigenvalue weighted by atomic mass is 19.4. The zero-order chi connectivity index (χ0) is 77.0. The molecule has 8 fully saturated rings. The third kappa shape index (κ3) is 23.5. The number of hydrogen-bond acceptors (Lipinski definition) is 0. The van der Waals surface area contributed by atoms with Gasteiger partial charge in [-0.25, -0.2) is 26.3 Å². The van der Waals surface area contributed by atoms with E-state index in [4.69, 9.17) is 2.74 Å². The van der Waals surface area contributed by atoms with Gasteiger partial charge >= 0.3 is 48.9 Å². The molecule has 0 radical (unpaired) electrons. The second-order valence-corrected chi connectivity index (χ2v) is 29.9.